The van der Waals surface area contributed by atoms with Crippen LogP contribution in [0, 0.1) is 11.8 Å². The van der Waals surface area contributed by atoms with E-state index in [2.05, 4.69) is 15.9 Å². The van der Waals surface area contributed by atoms with Gasteiger partial charge in [0.15, 0.2) is 0 Å². The van der Waals surface area contributed by atoms with Gasteiger partial charge >= 0.3 is 0 Å². The fraction of sp³-hybridized carbons (Fsp3) is 0.609. The molecule has 10 heteroatoms. The smallest absolute Gasteiger partial charge is 0.234 e. The maximum Gasteiger partial charge on any atom is 0.234 e. The number of hydrogen-bond acceptors (Lipinski definition) is 7. The highest BCUT2D eigenvalue weighted by Crippen LogP contribution is 2.36. The Morgan fingerprint density at radius 2 is 2.06 bits per heavy atom. The monoisotopic (exact) mass is 563 g/mol. The molecule has 1 fully saturated rings. The lowest BCUT2D eigenvalue weighted by Gasteiger charge is -2.19. The van der Waals surface area contributed by atoms with Crippen molar-refractivity contribution in [2.24, 2.45) is 11.8 Å². The molecule has 0 bridgehead atoms. The van der Waals surface area contributed by atoms with Gasteiger partial charge in [0.2, 0.25) is 15.9 Å². The lowest BCUT2D eigenvalue weighted by molar-refractivity contribution is -0.119. The molecular weight excluding hydrogens is 530 g/mol. The quantitative estimate of drug-likeness (QED) is 0.215. The number of carbonyl (C=O) groups is 1. The average Bonchev–Trinajstić information content (AvgIpc) is 3.28. The van der Waals surface area contributed by atoms with Crippen molar-refractivity contribution in [3.05, 3.63) is 45.1 Å². The zero-order chi connectivity index (χ0) is 24.4. The number of aliphatic hydroxyl groups is 3. The summed E-state index contributed by atoms with van der Waals surface area (Å²) in [5.74, 6) is -1.02. The number of carbonyl (C=O) groups excluding carboxylic acids is 1. The number of sulfonamides is 1. The molecule has 1 aliphatic rings. The molecule has 1 aromatic heterocycles. The Kier molecular flexibility index (Phi) is 11.7. The van der Waals surface area contributed by atoms with Gasteiger partial charge in [-0.15, -0.1) is 11.3 Å². The third-order valence-electron chi connectivity index (χ3n) is 5.79. The van der Waals surface area contributed by atoms with Crippen LogP contribution in [0.15, 0.2) is 40.2 Å². The highest BCUT2D eigenvalue weighted by Gasteiger charge is 2.39. The van der Waals surface area contributed by atoms with Crippen LogP contribution in [0.4, 0.5) is 0 Å². The maximum absolute atomic E-state index is 11.6. The van der Waals surface area contributed by atoms with Crippen LogP contribution >= 0.6 is 27.3 Å². The minimum atomic E-state index is -3.52. The Morgan fingerprint density at radius 1 is 1.30 bits per heavy atom. The number of halogens is 1. The van der Waals surface area contributed by atoms with Gasteiger partial charge in [0.25, 0.3) is 0 Å². The number of hydrogen-bond donors (Lipinski definition) is 4. The van der Waals surface area contributed by atoms with Crippen molar-refractivity contribution in [1.29, 1.82) is 0 Å². The summed E-state index contributed by atoms with van der Waals surface area (Å²) in [5.41, 5.74) is 0. The lowest BCUT2D eigenvalue weighted by Crippen LogP contribution is -2.31. The number of rotatable bonds is 13. The molecule has 1 heterocycles. The van der Waals surface area contributed by atoms with E-state index in [4.69, 9.17) is 0 Å². The number of aliphatic hydroxyl groups excluding tert-OH is 3. The molecule has 7 nitrogen and oxygen atoms in total. The van der Waals surface area contributed by atoms with Crippen LogP contribution in [-0.2, 0) is 21.2 Å². The first-order valence-electron chi connectivity index (χ1n) is 11.3. The largest absolute Gasteiger partial charge is 0.393 e. The molecule has 1 aromatic rings. The molecule has 4 N–H and O–H groups in total. The maximum atomic E-state index is 11.6. The first-order valence-corrected chi connectivity index (χ1v) is 14.5. The summed E-state index contributed by atoms with van der Waals surface area (Å²) in [4.78, 5) is 12.8. The first kappa shape index (κ1) is 28.2. The zero-order valence-corrected chi connectivity index (χ0v) is 22.0. The number of allylic oxidation sites excluding steroid dienone is 2. The number of nitrogens with one attached hydrogen (secondary N) is 1. The number of aryl methyl sites for hydroxylation is 1. The Hall–Kier alpha value is -1.04. The van der Waals surface area contributed by atoms with E-state index in [1.165, 1.54) is 11.8 Å². The summed E-state index contributed by atoms with van der Waals surface area (Å²) in [6.45, 7) is 1.47. The molecule has 2 rings (SSSR count). The fourth-order valence-electron chi connectivity index (χ4n) is 3.88. The third-order valence-corrected chi connectivity index (χ3v) is 8.77. The van der Waals surface area contributed by atoms with Crippen molar-refractivity contribution in [1.82, 2.24) is 4.72 Å². The Bertz CT molecular complexity index is 914. The van der Waals surface area contributed by atoms with E-state index in [0.717, 1.165) is 10.2 Å². The molecule has 0 radical (unpaired) electrons. The standard InChI is InChI=1S/C23H34BrNO6S2/c1-2-33(30,31)25-23(29)8-6-4-3-5-7-18-19(21(28)15-20(18)27)13-10-16(26)9-11-17-12-14-22(24)32-17/h3,5,10,12-14,16,18-21,26-28H,2,4,6-9,11,15H2,1H3,(H,25,29)/b5-3-,13-10+/t16-,18+,19+,20-,21+/m0/s1. The van der Waals surface area contributed by atoms with Crippen LogP contribution in [0.2, 0.25) is 0 Å². The summed E-state index contributed by atoms with van der Waals surface area (Å²) >= 11 is 5.08. The Morgan fingerprint density at radius 3 is 2.73 bits per heavy atom. The van der Waals surface area contributed by atoms with Gasteiger partial charge in [0.05, 0.1) is 27.9 Å². The second-order valence-electron chi connectivity index (χ2n) is 8.34. The summed E-state index contributed by atoms with van der Waals surface area (Å²) in [5, 5.41) is 31.0. The van der Waals surface area contributed by atoms with E-state index in [9.17, 15) is 28.5 Å². The highest BCUT2D eigenvalue weighted by atomic mass is 79.9. The van der Waals surface area contributed by atoms with Crippen molar-refractivity contribution in [3.8, 4) is 0 Å². The molecule has 186 valence electrons. The van der Waals surface area contributed by atoms with Crippen LogP contribution in [0.5, 0.6) is 0 Å². The molecule has 1 amide bonds. The van der Waals surface area contributed by atoms with Crippen LogP contribution in [0.3, 0.4) is 0 Å². The predicted octanol–water partition coefficient (Wildman–Crippen LogP) is 3.30. The fourth-order valence-corrected chi connectivity index (χ4v) is 5.98. The minimum absolute atomic E-state index is 0.125. The summed E-state index contributed by atoms with van der Waals surface area (Å²) in [7, 11) is -3.52. The minimum Gasteiger partial charge on any atom is -0.393 e. The Labute approximate surface area is 208 Å². The second-order valence-corrected chi connectivity index (χ2v) is 12.9. The van der Waals surface area contributed by atoms with Gasteiger partial charge in [-0.25, -0.2) is 8.42 Å². The van der Waals surface area contributed by atoms with Crippen LogP contribution in [0.1, 0.15) is 50.3 Å². The van der Waals surface area contributed by atoms with Crippen molar-refractivity contribution < 1.29 is 28.5 Å². The number of thiophene rings is 1. The van der Waals surface area contributed by atoms with E-state index >= 15 is 0 Å². The van der Waals surface area contributed by atoms with Gasteiger partial charge in [-0.3, -0.25) is 9.52 Å². The predicted molar refractivity (Wildman–Crippen MR) is 134 cm³/mol. The van der Waals surface area contributed by atoms with E-state index in [-0.39, 0.29) is 24.0 Å². The summed E-state index contributed by atoms with van der Waals surface area (Å²) in [6, 6.07) is 4.02. The van der Waals surface area contributed by atoms with Gasteiger partial charge in [0, 0.05) is 23.6 Å². The van der Waals surface area contributed by atoms with E-state index in [0.29, 0.717) is 32.1 Å². The van der Waals surface area contributed by atoms with Crippen molar-refractivity contribution in [2.45, 2.75) is 70.2 Å². The molecular formula is C23H34BrNO6S2. The zero-order valence-electron chi connectivity index (χ0n) is 18.8. The summed E-state index contributed by atoms with van der Waals surface area (Å²) in [6.07, 6.45) is 8.99. The molecule has 0 unspecified atom stereocenters. The molecule has 5 atom stereocenters. The molecule has 0 spiro atoms. The Balaban J connectivity index is 1.76. The normalized spacial score (nSPS) is 24.6. The van der Waals surface area contributed by atoms with Gasteiger partial charge in [-0.05, 0) is 73.0 Å². The third kappa shape index (κ3) is 10.00. The molecule has 0 aliphatic heterocycles. The van der Waals surface area contributed by atoms with E-state index in [1.54, 1.807) is 17.4 Å². The molecule has 0 aromatic carbocycles. The highest BCUT2D eigenvalue weighted by molar-refractivity contribution is 9.11. The average molecular weight is 565 g/mol. The molecule has 33 heavy (non-hydrogen) atoms. The lowest BCUT2D eigenvalue weighted by atomic mass is 9.89. The van der Waals surface area contributed by atoms with Gasteiger partial charge in [-0.2, -0.15) is 0 Å². The number of amides is 1. The van der Waals surface area contributed by atoms with Crippen LogP contribution in [-0.4, -0.2) is 53.7 Å². The SMILES string of the molecule is CCS(=O)(=O)NC(=O)CCC/C=C\C[C@@H]1[C@@H](/C=C/[C@@H](O)CCc2ccc(Br)s2)[C@H](O)C[C@@H]1O. The van der Waals surface area contributed by atoms with Crippen molar-refractivity contribution >= 4 is 43.2 Å². The van der Waals surface area contributed by atoms with E-state index < -0.39 is 34.2 Å². The second kappa shape index (κ2) is 13.7. The molecule has 0 saturated heterocycles. The molecule has 1 saturated carbocycles. The number of unbranched alkanes of at least 4 members (excludes halogenated alkanes) is 1. The van der Waals surface area contributed by atoms with Crippen molar-refractivity contribution in [2.75, 3.05) is 5.75 Å². The first-order chi connectivity index (χ1) is 15.6. The topological polar surface area (TPSA) is 124 Å². The molecule has 1 aliphatic carbocycles. The van der Waals surface area contributed by atoms with Gasteiger partial charge < -0.3 is 15.3 Å². The van der Waals surface area contributed by atoms with Crippen LogP contribution < -0.4 is 4.72 Å². The summed E-state index contributed by atoms with van der Waals surface area (Å²) < 4.78 is 25.8. The van der Waals surface area contributed by atoms with Crippen molar-refractivity contribution in [3.63, 3.8) is 0 Å². The van der Waals surface area contributed by atoms with Gasteiger partial charge in [0.1, 0.15) is 0 Å². The van der Waals surface area contributed by atoms with Gasteiger partial charge in [-0.1, -0.05) is 24.3 Å². The van der Waals surface area contributed by atoms with E-state index in [1.807, 2.05) is 35.1 Å². The van der Waals surface area contributed by atoms with Crippen LogP contribution in [0.25, 0.3) is 0 Å².